The summed E-state index contributed by atoms with van der Waals surface area (Å²) in [5, 5.41) is 4.63. The van der Waals surface area contributed by atoms with E-state index in [-0.39, 0.29) is 12.1 Å². The molecule has 2 aromatic heterocycles. The Morgan fingerprint density at radius 1 is 1.36 bits per heavy atom. The van der Waals surface area contributed by atoms with Crippen LogP contribution in [0.15, 0.2) is 29.1 Å². The highest BCUT2D eigenvalue weighted by Crippen LogP contribution is 2.35. The first-order valence-electron chi connectivity index (χ1n) is 8.45. The third-order valence-corrected chi connectivity index (χ3v) is 4.78. The topological polar surface area (TPSA) is 60.2 Å². The molecule has 6 nitrogen and oxygen atoms in total. The average Bonchev–Trinajstić information content (AvgIpc) is 2.87. The minimum Gasteiger partial charge on any atom is -0.444 e. The number of hydrogen-bond acceptors (Lipinski definition) is 4. The second-order valence-electron chi connectivity index (χ2n) is 7.20. The summed E-state index contributed by atoms with van der Waals surface area (Å²) in [6.45, 7) is 8.88. The van der Waals surface area contributed by atoms with Crippen molar-refractivity contribution in [3.8, 4) is 11.1 Å². The van der Waals surface area contributed by atoms with Crippen LogP contribution >= 0.6 is 15.9 Å². The Kier molecular flexibility index (Phi) is 4.86. The number of amides is 1. The molecule has 7 heteroatoms. The monoisotopic (exact) mass is 406 g/mol. The van der Waals surface area contributed by atoms with Gasteiger partial charge in [0.15, 0.2) is 0 Å². The summed E-state index contributed by atoms with van der Waals surface area (Å²) in [6.07, 6.45) is 4.09. The van der Waals surface area contributed by atoms with Gasteiger partial charge < -0.3 is 4.74 Å². The third kappa shape index (κ3) is 3.71. The molecular weight excluding hydrogens is 384 g/mol. The van der Waals surface area contributed by atoms with Crippen LogP contribution in [0.5, 0.6) is 0 Å². The number of nitrogens with zero attached hydrogens (tertiary/aromatic N) is 4. The fourth-order valence-electron chi connectivity index (χ4n) is 3.05. The molecule has 134 valence electrons. The lowest BCUT2D eigenvalue weighted by Gasteiger charge is -2.37. The molecule has 0 aliphatic carbocycles. The largest absolute Gasteiger partial charge is 0.444 e. The fraction of sp³-hybridized carbons (Fsp3) is 0.500. The summed E-state index contributed by atoms with van der Waals surface area (Å²) in [6, 6.07) is 3.97. The number of pyridine rings is 1. The molecule has 1 aliphatic heterocycles. The molecule has 1 aliphatic rings. The van der Waals surface area contributed by atoms with E-state index in [1.807, 2.05) is 42.5 Å². The summed E-state index contributed by atoms with van der Waals surface area (Å²) in [5.74, 6) is 0. The molecule has 0 saturated carbocycles. The molecule has 0 spiro atoms. The maximum Gasteiger partial charge on any atom is 0.410 e. The second-order valence-corrected chi connectivity index (χ2v) is 7.95. The van der Waals surface area contributed by atoms with E-state index in [0.29, 0.717) is 13.1 Å². The maximum absolute atomic E-state index is 12.7. The number of hydrogen-bond donors (Lipinski definition) is 0. The van der Waals surface area contributed by atoms with E-state index in [1.54, 1.807) is 12.4 Å². The average molecular weight is 407 g/mol. The predicted octanol–water partition coefficient (Wildman–Crippen LogP) is 4.24. The molecule has 0 bridgehead atoms. The van der Waals surface area contributed by atoms with Gasteiger partial charge in [-0.1, -0.05) is 6.92 Å². The van der Waals surface area contributed by atoms with Crippen LogP contribution in [-0.2, 0) is 17.8 Å². The van der Waals surface area contributed by atoms with Gasteiger partial charge in [-0.15, -0.1) is 0 Å². The van der Waals surface area contributed by atoms with Crippen LogP contribution in [0.4, 0.5) is 4.79 Å². The standard InChI is InChI=1S/C18H23BrN4O2/c1-5-13-10-23-14(11-22(13)17(24)25-18(2,3)4)15(16(19)21-23)12-6-8-20-9-7-12/h6-9,13H,5,10-11H2,1-4H3. The molecule has 0 N–H and O–H groups in total. The van der Waals surface area contributed by atoms with Crippen LogP contribution in [0.1, 0.15) is 39.8 Å². The van der Waals surface area contributed by atoms with Crippen molar-refractivity contribution in [2.45, 2.75) is 58.8 Å². The van der Waals surface area contributed by atoms with Crippen LogP contribution in [-0.4, -0.2) is 37.4 Å². The van der Waals surface area contributed by atoms with Crippen LogP contribution in [0.2, 0.25) is 0 Å². The van der Waals surface area contributed by atoms with Gasteiger partial charge in [0, 0.05) is 18.0 Å². The van der Waals surface area contributed by atoms with Crippen molar-refractivity contribution in [1.82, 2.24) is 19.7 Å². The van der Waals surface area contributed by atoms with E-state index >= 15 is 0 Å². The van der Waals surface area contributed by atoms with Crippen molar-refractivity contribution in [3.05, 3.63) is 34.8 Å². The number of aromatic nitrogens is 3. The first kappa shape index (κ1) is 17.9. The molecule has 0 saturated heterocycles. The van der Waals surface area contributed by atoms with Crippen molar-refractivity contribution in [2.24, 2.45) is 0 Å². The SMILES string of the molecule is CCC1Cn2nc(Br)c(-c3ccncc3)c2CN1C(=O)OC(C)(C)C. The molecule has 0 aromatic carbocycles. The van der Waals surface area contributed by atoms with Crippen molar-refractivity contribution in [3.63, 3.8) is 0 Å². The molecule has 1 atom stereocenters. The van der Waals surface area contributed by atoms with Gasteiger partial charge in [0.25, 0.3) is 0 Å². The van der Waals surface area contributed by atoms with Crippen molar-refractivity contribution in [2.75, 3.05) is 0 Å². The zero-order chi connectivity index (χ0) is 18.2. The maximum atomic E-state index is 12.7. The zero-order valence-corrected chi connectivity index (χ0v) is 16.6. The quantitative estimate of drug-likeness (QED) is 0.748. The highest BCUT2D eigenvalue weighted by Gasteiger charge is 2.34. The fourth-order valence-corrected chi connectivity index (χ4v) is 3.70. The molecule has 3 heterocycles. The number of fused-ring (bicyclic) bond motifs is 1. The van der Waals surface area contributed by atoms with Gasteiger partial charge in [-0.05, 0) is 60.8 Å². The van der Waals surface area contributed by atoms with E-state index in [1.165, 1.54) is 0 Å². The summed E-state index contributed by atoms with van der Waals surface area (Å²) in [7, 11) is 0. The van der Waals surface area contributed by atoms with E-state index in [4.69, 9.17) is 4.74 Å². The van der Waals surface area contributed by atoms with Crippen LogP contribution < -0.4 is 0 Å². The van der Waals surface area contributed by atoms with Gasteiger partial charge >= 0.3 is 6.09 Å². The molecule has 2 aromatic rings. The normalized spacial score (nSPS) is 17.3. The number of halogens is 1. The third-order valence-electron chi connectivity index (χ3n) is 4.23. The van der Waals surface area contributed by atoms with Gasteiger partial charge in [-0.25, -0.2) is 4.79 Å². The lowest BCUT2D eigenvalue weighted by atomic mass is 10.0. The molecule has 0 radical (unpaired) electrons. The van der Waals surface area contributed by atoms with Gasteiger partial charge in [-0.2, -0.15) is 5.10 Å². The zero-order valence-electron chi connectivity index (χ0n) is 15.0. The Balaban J connectivity index is 1.97. The second kappa shape index (κ2) is 6.78. The summed E-state index contributed by atoms with van der Waals surface area (Å²) >= 11 is 3.57. The van der Waals surface area contributed by atoms with Crippen molar-refractivity contribution >= 4 is 22.0 Å². The van der Waals surface area contributed by atoms with Gasteiger partial charge in [0.05, 0.1) is 24.8 Å². The highest BCUT2D eigenvalue weighted by atomic mass is 79.9. The van der Waals surface area contributed by atoms with Crippen molar-refractivity contribution in [1.29, 1.82) is 0 Å². The lowest BCUT2D eigenvalue weighted by Crippen LogP contribution is -2.48. The van der Waals surface area contributed by atoms with E-state index in [0.717, 1.165) is 27.8 Å². The summed E-state index contributed by atoms with van der Waals surface area (Å²) < 4.78 is 8.39. The van der Waals surface area contributed by atoms with Gasteiger partial charge in [-0.3, -0.25) is 14.6 Å². The van der Waals surface area contributed by atoms with Crippen LogP contribution in [0.3, 0.4) is 0 Å². The number of carbonyl (C=O) groups excluding carboxylic acids is 1. The number of ether oxygens (including phenoxy) is 1. The smallest absolute Gasteiger partial charge is 0.410 e. The summed E-state index contributed by atoms with van der Waals surface area (Å²) in [5.41, 5.74) is 2.53. The molecule has 1 amide bonds. The first-order valence-corrected chi connectivity index (χ1v) is 9.24. The van der Waals surface area contributed by atoms with Crippen molar-refractivity contribution < 1.29 is 9.53 Å². The van der Waals surface area contributed by atoms with E-state index in [2.05, 4.69) is 32.9 Å². The van der Waals surface area contributed by atoms with E-state index in [9.17, 15) is 4.79 Å². The van der Waals surface area contributed by atoms with Gasteiger partial charge in [0.1, 0.15) is 10.2 Å². The van der Waals surface area contributed by atoms with E-state index < -0.39 is 5.60 Å². The molecule has 3 rings (SSSR count). The summed E-state index contributed by atoms with van der Waals surface area (Å²) in [4.78, 5) is 18.6. The molecule has 0 fully saturated rings. The predicted molar refractivity (Wildman–Crippen MR) is 99.0 cm³/mol. The molecule has 1 unspecified atom stereocenters. The molecular formula is C18H23BrN4O2. The minimum absolute atomic E-state index is 0.0689. The Hall–Kier alpha value is -1.89. The van der Waals surface area contributed by atoms with Gasteiger partial charge in [0.2, 0.25) is 0 Å². The first-order chi connectivity index (χ1) is 11.8. The van der Waals surface area contributed by atoms with Crippen LogP contribution in [0.25, 0.3) is 11.1 Å². The Labute approximate surface area is 156 Å². The lowest BCUT2D eigenvalue weighted by molar-refractivity contribution is 0.00629. The Morgan fingerprint density at radius 3 is 2.64 bits per heavy atom. The Morgan fingerprint density at radius 2 is 2.04 bits per heavy atom. The Bertz CT molecular complexity index is 767. The number of carbonyl (C=O) groups is 1. The highest BCUT2D eigenvalue weighted by molar-refractivity contribution is 9.10. The molecule has 25 heavy (non-hydrogen) atoms. The minimum atomic E-state index is -0.512. The van der Waals surface area contributed by atoms with Crippen LogP contribution in [0, 0.1) is 0 Å². The number of rotatable bonds is 2.